The first-order chi connectivity index (χ1) is 6.75. The van der Waals surface area contributed by atoms with Crippen molar-refractivity contribution in [3.63, 3.8) is 0 Å². The van der Waals surface area contributed by atoms with Crippen molar-refractivity contribution in [3.8, 4) is 5.88 Å². The van der Waals surface area contributed by atoms with Crippen LogP contribution in [0.25, 0.3) is 0 Å². The zero-order chi connectivity index (χ0) is 9.97. The fraction of sp³-hybridized carbons (Fsp3) is 0.500. The van der Waals surface area contributed by atoms with Crippen LogP contribution in [0.1, 0.15) is 6.42 Å². The number of likely N-dealkylation sites (tertiary alicyclic amines) is 1. The Bertz CT molecular complexity index is 316. The second-order valence-corrected chi connectivity index (χ2v) is 3.69. The molecule has 0 amide bonds. The van der Waals surface area contributed by atoms with Gasteiger partial charge in [-0.1, -0.05) is 0 Å². The fourth-order valence-electron chi connectivity index (χ4n) is 1.65. The molecule has 0 spiro atoms. The van der Waals surface area contributed by atoms with Crippen molar-refractivity contribution in [1.29, 1.82) is 0 Å². The molecule has 14 heavy (non-hydrogen) atoms. The lowest BCUT2D eigenvalue weighted by atomic mass is 10.3. The summed E-state index contributed by atoms with van der Waals surface area (Å²) in [4.78, 5) is 6.34. The topological polar surface area (TPSA) is 51.4 Å². The Hall–Kier alpha value is -1.29. The maximum Gasteiger partial charge on any atom is 0.237 e. The lowest BCUT2D eigenvalue weighted by molar-refractivity contribution is 0.201. The SMILES string of the molecule is CN1CCC(Oc2ncccc2N)C1. The standard InChI is InChI=1S/C10H15N3O/c1-13-6-4-8(7-13)14-10-9(11)3-2-5-12-10/h2-3,5,8H,4,6-7,11H2,1H3. The average Bonchev–Trinajstić information content (AvgIpc) is 2.56. The van der Waals surface area contributed by atoms with Gasteiger partial charge in [0.15, 0.2) is 0 Å². The third-order valence-corrected chi connectivity index (χ3v) is 2.43. The van der Waals surface area contributed by atoms with E-state index in [1.807, 2.05) is 6.07 Å². The highest BCUT2D eigenvalue weighted by Crippen LogP contribution is 2.20. The van der Waals surface area contributed by atoms with Crippen LogP contribution in [0.5, 0.6) is 5.88 Å². The zero-order valence-electron chi connectivity index (χ0n) is 8.31. The number of aromatic nitrogens is 1. The van der Waals surface area contributed by atoms with Gasteiger partial charge >= 0.3 is 0 Å². The normalized spacial score (nSPS) is 22.5. The molecule has 76 valence electrons. The van der Waals surface area contributed by atoms with Crippen LogP contribution in [0.15, 0.2) is 18.3 Å². The molecule has 0 saturated carbocycles. The Morgan fingerprint density at radius 2 is 2.50 bits per heavy atom. The smallest absolute Gasteiger partial charge is 0.237 e. The molecule has 4 nitrogen and oxygen atoms in total. The van der Waals surface area contributed by atoms with Crippen molar-refractivity contribution in [1.82, 2.24) is 9.88 Å². The molecule has 0 aliphatic carbocycles. The number of likely N-dealkylation sites (N-methyl/N-ethyl adjacent to an activating group) is 1. The third kappa shape index (κ3) is 1.96. The summed E-state index contributed by atoms with van der Waals surface area (Å²) in [5.41, 5.74) is 6.35. The monoisotopic (exact) mass is 193 g/mol. The number of rotatable bonds is 2. The van der Waals surface area contributed by atoms with Crippen molar-refractivity contribution >= 4 is 5.69 Å². The van der Waals surface area contributed by atoms with Gasteiger partial charge in [0.1, 0.15) is 6.10 Å². The Balaban J connectivity index is 2.01. The minimum absolute atomic E-state index is 0.234. The van der Waals surface area contributed by atoms with Crippen LogP contribution in [0.3, 0.4) is 0 Å². The molecule has 1 fully saturated rings. The van der Waals surface area contributed by atoms with E-state index in [0.717, 1.165) is 19.5 Å². The highest BCUT2D eigenvalue weighted by molar-refractivity contribution is 5.46. The summed E-state index contributed by atoms with van der Waals surface area (Å²) < 4.78 is 5.70. The van der Waals surface area contributed by atoms with Crippen LogP contribution in [-0.2, 0) is 0 Å². The van der Waals surface area contributed by atoms with E-state index in [1.54, 1.807) is 12.3 Å². The molecule has 2 rings (SSSR count). The van der Waals surface area contributed by atoms with Crippen molar-refractivity contribution in [2.24, 2.45) is 0 Å². The van der Waals surface area contributed by atoms with Gasteiger partial charge in [-0.2, -0.15) is 0 Å². The average molecular weight is 193 g/mol. The Kier molecular flexibility index (Phi) is 2.54. The number of pyridine rings is 1. The molecule has 1 aliphatic rings. The number of nitrogens with two attached hydrogens (primary N) is 1. The van der Waals surface area contributed by atoms with Crippen LogP contribution in [0, 0.1) is 0 Å². The van der Waals surface area contributed by atoms with Crippen molar-refractivity contribution in [2.45, 2.75) is 12.5 Å². The third-order valence-electron chi connectivity index (χ3n) is 2.43. The van der Waals surface area contributed by atoms with Crippen LogP contribution in [0.4, 0.5) is 5.69 Å². The van der Waals surface area contributed by atoms with Gasteiger partial charge in [-0.05, 0) is 25.6 Å². The highest BCUT2D eigenvalue weighted by Gasteiger charge is 2.21. The summed E-state index contributed by atoms with van der Waals surface area (Å²) in [7, 11) is 2.09. The molecule has 2 N–H and O–H groups in total. The molecule has 2 heterocycles. The van der Waals surface area contributed by atoms with Gasteiger partial charge in [0, 0.05) is 19.3 Å². The summed E-state index contributed by atoms with van der Waals surface area (Å²) in [6.07, 6.45) is 2.98. The molecule has 0 aromatic carbocycles. The molecule has 1 atom stereocenters. The van der Waals surface area contributed by atoms with Gasteiger partial charge in [-0.3, -0.25) is 0 Å². The van der Waals surface area contributed by atoms with Gasteiger partial charge in [-0.15, -0.1) is 0 Å². The van der Waals surface area contributed by atoms with Gasteiger partial charge < -0.3 is 15.4 Å². The molecule has 0 radical (unpaired) electrons. The summed E-state index contributed by atoms with van der Waals surface area (Å²) in [6, 6.07) is 3.62. The molecule has 1 unspecified atom stereocenters. The summed E-state index contributed by atoms with van der Waals surface area (Å²) in [6.45, 7) is 2.04. The van der Waals surface area contributed by atoms with Crippen molar-refractivity contribution in [3.05, 3.63) is 18.3 Å². The number of hydrogen-bond acceptors (Lipinski definition) is 4. The molecule has 1 aromatic heterocycles. The lowest BCUT2D eigenvalue weighted by Crippen LogP contribution is -2.22. The van der Waals surface area contributed by atoms with Crippen LogP contribution in [-0.4, -0.2) is 36.1 Å². The van der Waals surface area contributed by atoms with E-state index < -0.39 is 0 Å². The number of anilines is 1. The predicted octanol–water partition coefficient (Wildman–Crippen LogP) is 0.747. The molecule has 1 saturated heterocycles. The minimum atomic E-state index is 0.234. The molecule has 1 aromatic rings. The van der Waals surface area contributed by atoms with Gasteiger partial charge in [0.2, 0.25) is 5.88 Å². The van der Waals surface area contributed by atoms with Gasteiger partial charge in [-0.25, -0.2) is 4.98 Å². The largest absolute Gasteiger partial charge is 0.471 e. The van der Waals surface area contributed by atoms with E-state index in [-0.39, 0.29) is 6.10 Å². The number of nitrogens with zero attached hydrogens (tertiary/aromatic N) is 2. The number of ether oxygens (including phenoxy) is 1. The predicted molar refractivity (Wildman–Crippen MR) is 55.2 cm³/mol. The lowest BCUT2D eigenvalue weighted by Gasteiger charge is -2.13. The molecule has 4 heteroatoms. The van der Waals surface area contributed by atoms with E-state index in [2.05, 4.69) is 16.9 Å². The second kappa shape index (κ2) is 3.84. The Morgan fingerprint density at radius 3 is 3.14 bits per heavy atom. The first-order valence-corrected chi connectivity index (χ1v) is 4.81. The van der Waals surface area contributed by atoms with E-state index in [4.69, 9.17) is 10.5 Å². The van der Waals surface area contributed by atoms with Crippen LogP contribution in [0.2, 0.25) is 0 Å². The number of hydrogen-bond donors (Lipinski definition) is 1. The molecular formula is C10H15N3O. The van der Waals surface area contributed by atoms with E-state index in [0.29, 0.717) is 11.6 Å². The zero-order valence-corrected chi connectivity index (χ0v) is 8.31. The molecule has 1 aliphatic heterocycles. The summed E-state index contributed by atoms with van der Waals surface area (Å²) in [5, 5.41) is 0. The van der Waals surface area contributed by atoms with Gasteiger partial charge in [0.05, 0.1) is 5.69 Å². The van der Waals surface area contributed by atoms with Gasteiger partial charge in [0.25, 0.3) is 0 Å². The van der Waals surface area contributed by atoms with E-state index in [9.17, 15) is 0 Å². The van der Waals surface area contributed by atoms with Crippen LogP contribution >= 0.6 is 0 Å². The fourth-order valence-corrected chi connectivity index (χ4v) is 1.65. The molecular weight excluding hydrogens is 178 g/mol. The van der Waals surface area contributed by atoms with Crippen molar-refractivity contribution < 1.29 is 4.74 Å². The van der Waals surface area contributed by atoms with Crippen molar-refractivity contribution in [2.75, 3.05) is 25.9 Å². The highest BCUT2D eigenvalue weighted by atomic mass is 16.5. The molecule has 0 bridgehead atoms. The second-order valence-electron chi connectivity index (χ2n) is 3.69. The first kappa shape index (κ1) is 9.27. The van der Waals surface area contributed by atoms with Crippen LogP contribution < -0.4 is 10.5 Å². The summed E-state index contributed by atoms with van der Waals surface area (Å²) in [5.74, 6) is 0.563. The number of nitrogen functional groups attached to an aromatic ring is 1. The quantitative estimate of drug-likeness (QED) is 0.753. The Labute approximate surface area is 83.7 Å². The minimum Gasteiger partial charge on any atom is -0.471 e. The first-order valence-electron chi connectivity index (χ1n) is 4.81. The maximum atomic E-state index is 5.73. The summed E-state index contributed by atoms with van der Waals surface area (Å²) >= 11 is 0. The van der Waals surface area contributed by atoms with E-state index in [1.165, 1.54) is 0 Å². The van der Waals surface area contributed by atoms with E-state index >= 15 is 0 Å². The maximum absolute atomic E-state index is 5.73. The Morgan fingerprint density at radius 1 is 1.64 bits per heavy atom.